The third kappa shape index (κ3) is 1.53. The van der Waals surface area contributed by atoms with Crippen molar-refractivity contribution in [3.63, 3.8) is 0 Å². The van der Waals surface area contributed by atoms with E-state index in [9.17, 15) is 0 Å². The van der Waals surface area contributed by atoms with Crippen LogP contribution in [0, 0.1) is 0 Å². The van der Waals surface area contributed by atoms with Crippen LogP contribution in [0.25, 0.3) is 5.69 Å². The van der Waals surface area contributed by atoms with Crippen LogP contribution >= 0.6 is 11.8 Å². The zero-order valence-electron chi connectivity index (χ0n) is 9.18. The van der Waals surface area contributed by atoms with Crippen LogP contribution in [0.2, 0.25) is 0 Å². The number of thioether (sulfide) groups is 1. The van der Waals surface area contributed by atoms with Gasteiger partial charge in [0.1, 0.15) is 5.82 Å². The number of aromatic nitrogens is 3. The summed E-state index contributed by atoms with van der Waals surface area (Å²) in [6.45, 7) is 2.09. The molecule has 0 radical (unpaired) electrons. The molecular weight excluding hydrogens is 218 g/mol. The fourth-order valence-electron chi connectivity index (χ4n) is 1.90. The van der Waals surface area contributed by atoms with E-state index < -0.39 is 0 Å². The van der Waals surface area contributed by atoms with E-state index >= 15 is 0 Å². The van der Waals surface area contributed by atoms with Gasteiger partial charge in [-0.1, -0.05) is 19.1 Å². The van der Waals surface area contributed by atoms with Crippen molar-refractivity contribution in [3.8, 4) is 5.69 Å². The molecule has 0 spiro atoms. The van der Waals surface area contributed by atoms with Crippen LogP contribution in [-0.4, -0.2) is 20.5 Å². The highest BCUT2D eigenvalue weighted by Gasteiger charge is 2.17. The molecule has 3 rings (SSSR count). The summed E-state index contributed by atoms with van der Waals surface area (Å²) in [4.78, 5) is 5.87. The quantitative estimate of drug-likeness (QED) is 0.755. The molecule has 4 heteroatoms. The molecule has 2 heterocycles. The molecule has 1 aliphatic heterocycles. The van der Waals surface area contributed by atoms with E-state index in [-0.39, 0.29) is 0 Å². The number of fused-ring (bicyclic) bond motifs is 3. The lowest BCUT2D eigenvalue weighted by Crippen LogP contribution is -2.02. The normalized spacial score (nSPS) is 14.1. The summed E-state index contributed by atoms with van der Waals surface area (Å²) < 4.78 is 2.01. The van der Waals surface area contributed by atoms with Crippen LogP contribution in [0.3, 0.4) is 0 Å². The van der Waals surface area contributed by atoms with Crippen molar-refractivity contribution in [3.05, 3.63) is 35.9 Å². The van der Waals surface area contributed by atoms with E-state index in [2.05, 4.69) is 41.3 Å². The Morgan fingerprint density at radius 3 is 3.12 bits per heavy atom. The standard InChI is InChI=1S/C12H13N3S/c1-2-11-13-12-7-8-16-10-6-4-3-5-9(10)15(12)14-11/h3-6H,2,7-8H2,1H3. The zero-order chi connectivity index (χ0) is 11.0. The smallest absolute Gasteiger partial charge is 0.151 e. The maximum absolute atomic E-state index is 4.57. The lowest BCUT2D eigenvalue weighted by molar-refractivity contribution is 0.788. The van der Waals surface area contributed by atoms with Gasteiger partial charge in [0.2, 0.25) is 0 Å². The third-order valence-electron chi connectivity index (χ3n) is 2.71. The number of aryl methyl sites for hydroxylation is 2. The van der Waals surface area contributed by atoms with Gasteiger partial charge in [0.05, 0.1) is 5.69 Å². The first-order valence-corrected chi connectivity index (χ1v) is 6.54. The second kappa shape index (κ2) is 3.94. The molecule has 0 saturated heterocycles. The number of hydrogen-bond donors (Lipinski definition) is 0. The average molecular weight is 231 g/mol. The van der Waals surface area contributed by atoms with Crippen molar-refractivity contribution in [2.75, 3.05) is 5.75 Å². The highest BCUT2D eigenvalue weighted by Crippen LogP contribution is 2.29. The Morgan fingerprint density at radius 1 is 1.38 bits per heavy atom. The number of hydrogen-bond acceptors (Lipinski definition) is 3. The van der Waals surface area contributed by atoms with Gasteiger partial charge in [-0.25, -0.2) is 9.67 Å². The Labute approximate surface area is 98.9 Å². The largest absolute Gasteiger partial charge is 0.216 e. The molecule has 0 aliphatic carbocycles. The lowest BCUT2D eigenvalue weighted by atomic mass is 10.3. The number of nitrogens with zero attached hydrogens (tertiary/aromatic N) is 3. The highest BCUT2D eigenvalue weighted by atomic mass is 32.2. The summed E-state index contributed by atoms with van der Waals surface area (Å²) in [5.74, 6) is 3.12. The summed E-state index contributed by atoms with van der Waals surface area (Å²) in [5, 5.41) is 4.56. The first-order valence-electron chi connectivity index (χ1n) is 5.55. The molecule has 0 unspecified atom stereocenters. The predicted octanol–water partition coefficient (Wildman–Crippen LogP) is 2.48. The van der Waals surface area contributed by atoms with Crippen LogP contribution in [0.5, 0.6) is 0 Å². The predicted molar refractivity (Wildman–Crippen MR) is 65.2 cm³/mol. The minimum Gasteiger partial charge on any atom is -0.216 e. The molecule has 0 bridgehead atoms. The summed E-state index contributed by atoms with van der Waals surface area (Å²) in [6.07, 6.45) is 1.89. The fraction of sp³-hybridized carbons (Fsp3) is 0.333. The summed E-state index contributed by atoms with van der Waals surface area (Å²) in [5.41, 5.74) is 1.17. The van der Waals surface area contributed by atoms with Gasteiger partial charge in [0, 0.05) is 23.5 Å². The monoisotopic (exact) mass is 231 g/mol. The molecule has 0 amide bonds. The minimum atomic E-state index is 0.898. The molecular formula is C12H13N3S. The van der Waals surface area contributed by atoms with Gasteiger partial charge in [-0.15, -0.1) is 11.8 Å². The maximum Gasteiger partial charge on any atom is 0.151 e. The molecule has 1 aromatic heterocycles. The molecule has 16 heavy (non-hydrogen) atoms. The van der Waals surface area contributed by atoms with Crippen LogP contribution < -0.4 is 0 Å². The lowest BCUT2D eigenvalue weighted by Gasteiger charge is -2.05. The Balaban J connectivity index is 2.20. The van der Waals surface area contributed by atoms with Gasteiger partial charge in [-0.2, -0.15) is 5.10 Å². The highest BCUT2D eigenvalue weighted by molar-refractivity contribution is 7.99. The van der Waals surface area contributed by atoms with E-state index in [0.717, 1.165) is 30.2 Å². The van der Waals surface area contributed by atoms with E-state index in [1.54, 1.807) is 0 Å². The Kier molecular flexibility index (Phi) is 2.44. The minimum absolute atomic E-state index is 0.898. The Bertz CT molecular complexity index is 519. The SMILES string of the molecule is CCc1nc2n(n1)-c1ccccc1SCC2. The van der Waals surface area contributed by atoms with Crippen LogP contribution in [-0.2, 0) is 12.8 Å². The molecule has 0 atom stereocenters. The Hall–Kier alpha value is -1.29. The molecule has 82 valence electrons. The van der Waals surface area contributed by atoms with E-state index in [1.807, 2.05) is 16.4 Å². The van der Waals surface area contributed by atoms with Crippen molar-refractivity contribution < 1.29 is 0 Å². The third-order valence-corrected chi connectivity index (χ3v) is 3.78. The number of rotatable bonds is 1. The molecule has 1 aromatic carbocycles. The van der Waals surface area contributed by atoms with Crippen molar-refractivity contribution in [2.45, 2.75) is 24.7 Å². The van der Waals surface area contributed by atoms with Crippen molar-refractivity contribution in [1.82, 2.24) is 14.8 Å². The molecule has 1 aliphatic rings. The van der Waals surface area contributed by atoms with Gasteiger partial charge in [-0.3, -0.25) is 0 Å². The van der Waals surface area contributed by atoms with Crippen molar-refractivity contribution in [2.24, 2.45) is 0 Å². The van der Waals surface area contributed by atoms with Crippen LogP contribution in [0.15, 0.2) is 29.2 Å². The topological polar surface area (TPSA) is 30.7 Å². The molecule has 0 N–H and O–H groups in total. The first-order chi connectivity index (χ1) is 7.88. The van der Waals surface area contributed by atoms with Gasteiger partial charge < -0.3 is 0 Å². The maximum atomic E-state index is 4.57. The van der Waals surface area contributed by atoms with Gasteiger partial charge in [0.25, 0.3) is 0 Å². The second-order valence-electron chi connectivity index (χ2n) is 3.78. The average Bonchev–Trinajstić information content (AvgIpc) is 2.66. The van der Waals surface area contributed by atoms with Crippen molar-refractivity contribution >= 4 is 11.8 Å². The molecule has 0 fully saturated rings. The van der Waals surface area contributed by atoms with E-state index in [4.69, 9.17) is 0 Å². The summed E-state index contributed by atoms with van der Waals surface area (Å²) in [7, 11) is 0. The van der Waals surface area contributed by atoms with E-state index in [1.165, 1.54) is 10.6 Å². The van der Waals surface area contributed by atoms with E-state index in [0.29, 0.717) is 0 Å². The van der Waals surface area contributed by atoms with Crippen LogP contribution in [0.4, 0.5) is 0 Å². The van der Waals surface area contributed by atoms with Crippen molar-refractivity contribution in [1.29, 1.82) is 0 Å². The molecule has 0 saturated carbocycles. The number of benzene rings is 1. The van der Waals surface area contributed by atoms with Gasteiger partial charge >= 0.3 is 0 Å². The van der Waals surface area contributed by atoms with Gasteiger partial charge in [-0.05, 0) is 12.1 Å². The second-order valence-corrected chi connectivity index (χ2v) is 4.91. The molecule has 3 nitrogen and oxygen atoms in total. The Morgan fingerprint density at radius 2 is 2.25 bits per heavy atom. The molecule has 2 aromatic rings. The summed E-state index contributed by atoms with van der Waals surface area (Å²) in [6, 6.07) is 8.41. The van der Waals surface area contributed by atoms with Crippen LogP contribution in [0.1, 0.15) is 18.6 Å². The first kappa shape index (κ1) is 9.90. The number of para-hydroxylation sites is 1. The van der Waals surface area contributed by atoms with Gasteiger partial charge in [0.15, 0.2) is 5.82 Å². The fourth-order valence-corrected chi connectivity index (χ4v) is 2.88. The zero-order valence-corrected chi connectivity index (χ0v) is 10.00. The summed E-state index contributed by atoms with van der Waals surface area (Å²) >= 11 is 1.88.